The van der Waals surface area contributed by atoms with E-state index in [-0.39, 0.29) is 11.7 Å². The van der Waals surface area contributed by atoms with Crippen LogP contribution in [0.15, 0.2) is 48.5 Å². The van der Waals surface area contributed by atoms with E-state index in [4.69, 9.17) is 6.54 Å². The largest absolute Gasteiger partial charge is 0.385 e. The summed E-state index contributed by atoms with van der Waals surface area (Å²) in [5, 5.41) is 8.80. The summed E-state index contributed by atoms with van der Waals surface area (Å²) in [4.78, 5) is 0. The van der Waals surface area contributed by atoms with Gasteiger partial charge < -0.3 is 10.4 Å². The Morgan fingerprint density at radius 2 is 1.82 bits per heavy atom. The van der Waals surface area contributed by atoms with Crippen LogP contribution in [0.1, 0.15) is 30.4 Å². The minimum Gasteiger partial charge on any atom is -0.385 e. The topological polar surface area (TPSA) is 78.4 Å². The van der Waals surface area contributed by atoms with Gasteiger partial charge in [0, 0.05) is 5.69 Å². The summed E-state index contributed by atoms with van der Waals surface area (Å²) in [6.45, 7) is 1.72. The Kier molecular flexibility index (Phi) is 5.94. The second-order valence-electron chi connectivity index (χ2n) is 7.49. The highest BCUT2D eigenvalue weighted by Gasteiger charge is 2.38. The summed E-state index contributed by atoms with van der Waals surface area (Å²) in [5.74, 6) is -0.125. The lowest BCUT2D eigenvalue weighted by molar-refractivity contribution is -0.0433. The zero-order valence-corrected chi connectivity index (χ0v) is 16.8. The number of rotatable bonds is 8. The maximum atomic E-state index is 13.2. The Bertz CT molecular complexity index is 901. The summed E-state index contributed by atoms with van der Waals surface area (Å²) >= 11 is 0. The summed E-state index contributed by atoms with van der Waals surface area (Å²) in [6, 6.07) is 13.4. The van der Waals surface area contributed by atoms with Gasteiger partial charge in [0.2, 0.25) is 11.5 Å². The summed E-state index contributed by atoms with van der Waals surface area (Å²) < 4.78 is 46.6. The number of hydrogen-bond donors (Lipinski definition) is 3. The average molecular weight is 408 g/mol. The molecule has 1 aliphatic heterocycles. The molecule has 152 valence electrons. The van der Waals surface area contributed by atoms with Gasteiger partial charge in [-0.05, 0) is 80.1 Å². The van der Waals surface area contributed by atoms with Crippen LogP contribution in [0.2, 0.25) is 0 Å². The first-order valence-corrected chi connectivity index (χ1v) is 11.4. The van der Waals surface area contributed by atoms with Crippen molar-refractivity contribution in [1.82, 2.24) is 5.32 Å². The number of aliphatic hydroxyl groups is 1. The molecule has 1 fully saturated rings. The van der Waals surface area contributed by atoms with Gasteiger partial charge in [-0.25, -0.2) is 12.8 Å². The van der Waals surface area contributed by atoms with Crippen LogP contribution in [0, 0.1) is 11.7 Å². The van der Waals surface area contributed by atoms with Gasteiger partial charge in [0.1, 0.15) is 5.82 Å². The predicted octanol–water partition coefficient (Wildman–Crippen LogP) is 3.02. The van der Waals surface area contributed by atoms with Crippen LogP contribution in [0.25, 0.3) is 0 Å². The summed E-state index contributed by atoms with van der Waals surface area (Å²) in [5.41, 5.74) is 1.48. The van der Waals surface area contributed by atoms with E-state index in [1.165, 1.54) is 12.1 Å². The van der Waals surface area contributed by atoms with Crippen molar-refractivity contribution in [1.29, 1.82) is 1.43 Å². The van der Waals surface area contributed by atoms with Crippen LogP contribution in [0.4, 0.5) is 10.1 Å². The van der Waals surface area contributed by atoms with Crippen molar-refractivity contribution in [3.8, 4) is 0 Å². The van der Waals surface area contributed by atoms with E-state index < -0.39 is 15.6 Å². The number of halogens is 1. The van der Waals surface area contributed by atoms with E-state index in [9.17, 15) is 12.8 Å². The second kappa shape index (κ2) is 8.59. The molecular weight excluding hydrogens is 379 g/mol. The number of piperidine rings is 1. The maximum absolute atomic E-state index is 13.2. The average Bonchev–Trinajstić information content (AvgIpc) is 2.71. The van der Waals surface area contributed by atoms with Crippen molar-refractivity contribution >= 4 is 15.7 Å². The Morgan fingerprint density at radius 1 is 1.18 bits per heavy atom. The molecule has 1 unspecified atom stereocenters. The first-order chi connectivity index (χ1) is 13.8. The highest BCUT2D eigenvalue weighted by molar-refractivity contribution is 7.92. The SMILES string of the molecule is [2H]OC(CCc1ccc(F)cc1)(c1ccc(NS(C)(=O)=O)cc1)C1CCNCC1. The standard InChI is InChI=1S/C21H27FN2O3S/c1-28(26,27)24-20-8-4-17(5-9-20)21(25,18-11-14-23-15-12-18)13-10-16-2-6-19(22)7-3-16/h2-9,18,23-25H,10-15H2,1H3/i25D. The van der Waals surface area contributed by atoms with Gasteiger partial charge in [0.15, 0.2) is 0 Å². The van der Waals surface area contributed by atoms with E-state index in [1.807, 2.05) is 12.1 Å². The zero-order chi connectivity index (χ0) is 20.9. The second-order valence-corrected chi connectivity index (χ2v) is 9.24. The molecule has 0 saturated carbocycles. The Balaban J connectivity index is 1.89. The van der Waals surface area contributed by atoms with Gasteiger partial charge >= 0.3 is 0 Å². The summed E-state index contributed by atoms with van der Waals surface area (Å²) in [6.07, 6.45) is 4.09. The molecule has 2 aromatic carbocycles. The zero-order valence-electron chi connectivity index (χ0n) is 16.9. The molecule has 1 saturated heterocycles. The van der Waals surface area contributed by atoms with Crippen LogP contribution in [-0.2, 0) is 22.0 Å². The Hall–Kier alpha value is -1.96. The molecule has 3 rings (SSSR count). The number of hydrogen-bond acceptors (Lipinski definition) is 4. The fraction of sp³-hybridized carbons (Fsp3) is 0.429. The van der Waals surface area contributed by atoms with E-state index >= 15 is 0 Å². The minimum atomic E-state index is -3.36. The smallest absolute Gasteiger partial charge is 0.229 e. The third-order valence-electron chi connectivity index (χ3n) is 5.37. The van der Waals surface area contributed by atoms with Gasteiger partial charge in [0.25, 0.3) is 0 Å². The molecule has 1 aliphatic rings. The van der Waals surface area contributed by atoms with Gasteiger partial charge in [-0.15, -0.1) is 0 Å². The Labute approximate surface area is 167 Å². The lowest BCUT2D eigenvalue weighted by atomic mass is 9.73. The van der Waals surface area contributed by atoms with Crippen LogP contribution < -0.4 is 10.0 Å². The van der Waals surface area contributed by atoms with Crippen molar-refractivity contribution in [2.75, 3.05) is 24.1 Å². The van der Waals surface area contributed by atoms with E-state index in [1.54, 1.807) is 24.3 Å². The van der Waals surface area contributed by atoms with Crippen molar-refractivity contribution in [2.45, 2.75) is 31.3 Å². The van der Waals surface area contributed by atoms with Crippen molar-refractivity contribution in [2.24, 2.45) is 5.92 Å². The molecule has 3 N–H and O–H groups in total. The fourth-order valence-corrected chi connectivity index (χ4v) is 4.45. The molecule has 28 heavy (non-hydrogen) atoms. The fourth-order valence-electron chi connectivity index (χ4n) is 3.89. The molecule has 5 nitrogen and oxygen atoms in total. The van der Waals surface area contributed by atoms with Gasteiger partial charge in [-0.3, -0.25) is 4.72 Å². The molecule has 1 atom stereocenters. The summed E-state index contributed by atoms with van der Waals surface area (Å²) in [7, 11) is -3.36. The van der Waals surface area contributed by atoms with Crippen LogP contribution in [0.5, 0.6) is 0 Å². The van der Waals surface area contributed by atoms with E-state index in [0.29, 0.717) is 18.5 Å². The minimum absolute atomic E-state index is 0.149. The van der Waals surface area contributed by atoms with Crippen molar-refractivity contribution in [3.05, 3.63) is 65.5 Å². The number of benzene rings is 2. The molecule has 2 aromatic rings. The van der Waals surface area contributed by atoms with Crippen LogP contribution in [0.3, 0.4) is 0 Å². The van der Waals surface area contributed by atoms with E-state index in [0.717, 1.165) is 43.3 Å². The molecule has 0 spiro atoms. The van der Waals surface area contributed by atoms with Crippen LogP contribution in [-0.4, -0.2) is 34.3 Å². The highest BCUT2D eigenvalue weighted by atomic mass is 32.2. The molecule has 1 heterocycles. The van der Waals surface area contributed by atoms with Crippen molar-refractivity contribution in [3.63, 3.8) is 0 Å². The third-order valence-corrected chi connectivity index (χ3v) is 5.98. The molecule has 0 bridgehead atoms. The number of anilines is 1. The number of aryl methyl sites for hydroxylation is 1. The van der Waals surface area contributed by atoms with Gasteiger partial charge in [-0.1, -0.05) is 24.3 Å². The predicted molar refractivity (Wildman–Crippen MR) is 109 cm³/mol. The molecule has 0 aromatic heterocycles. The van der Waals surface area contributed by atoms with Crippen LogP contribution >= 0.6 is 0 Å². The first kappa shape index (κ1) is 19.4. The maximum Gasteiger partial charge on any atom is 0.229 e. The quantitative estimate of drug-likeness (QED) is 0.629. The number of nitrogens with one attached hydrogen (secondary N) is 2. The molecule has 0 radical (unpaired) electrons. The lowest BCUT2D eigenvalue weighted by Gasteiger charge is -2.39. The lowest BCUT2D eigenvalue weighted by Crippen LogP contribution is -2.42. The molecular formula is C21H27FN2O3S. The third kappa shape index (κ3) is 5.31. The van der Waals surface area contributed by atoms with Gasteiger partial charge in [0.05, 0.1) is 11.9 Å². The molecule has 0 aliphatic carbocycles. The van der Waals surface area contributed by atoms with Crippen molar-refractivity contribution < 1.29 is 17.9 Å². The van der Waals surface area contributed by atoms with E-state index in [2.05, 4.69) is 10.0 Å². The highest BCUT2D eigenvalue weighted by Crippen LogP contribution is 2.39. The number of sulfonamides is 1. The normalized spacial score (nSPS) is 18.3. The Morgan fingerprint density at radius 3 is 2.39 bits per heavy atom. The molecule has 0 amide bonds. The monoisotopic (exact) mass is 407 g/mol. The first-order valence-electron chi connectivity index (χ1n) is 9.91. The molecule has 7 heteroatoms. The van der Waals surface area contributed by atoms with Gasteiger partial charge in [-0.2, -0.15) is 0 Å².